The first kappa shape index (κ1) is 16.2. The van der Waals surface area contributed by atoms with E-state index in [2.05, 4.69) is 10.6 Å². The Bertz CT molecular complexity index is 454. The van der Waals surface area contributed by atoms with Gasteiger partial charge in [0.15, 0.2) is 11.6 Å². The lowest BCUT2D eigenvalue weighted by Gasteiger charge is -2.19. The van der Waals surface area contributed by atoms with E-state index in [0.717, 1.165) is 0 Å². The molecule has 0 bridgehead atoms. The first-order valence-corrected chi connectivity index (χ1v) is 6.45. The van der Waals surface area contributed by atoms with Gasteiger partial charge in [-0.1, -0.05) is 13.0 Å². The van der Waals surface area contributed by atoms with Crippen molar-refractivity contribution in [1.29, 1.82) is 0 Å². The molecule has 0 aliphatic heterocycles. The van der Waals surface area contributed by atoms with E-state index in [1.807, 2.05) is 13.8 Å². The van der Waals surface area contributed by atoms with Crippen molar-refractivity contribution in [3.05, 3.63) is 29.6 Å². The molecule has 2 unspecified atom stereocenters. The molecule has 1 aromatic carbocycles. The van der Waals surface area contributed by atoms with E-state index in [1.54, 1.807) is 6.07 Å². The standard InChI is InChI=1S/C14H21FN2O3/c1-9(8-18)10(2)17-14(19)16-7-11-4-5-13(20-3)12(15)6-11/h4-6,9-10,18H,7-8H2,1-3H3,(H2,16,17,19). The second-order valence-electron chi connectivity index (χ2n) is 4.74. The Balaban J connectivity index is 2.47. The average Bonchev–Trinajstić information content (AvgIpc) is 2.44. The molecule has 0 saturated heterocycles. The van der Waals surface area contributed by atoms with Crippen LogP contribution in [-0.2, 0) is 6.54 Å². The lowest BCUT2D eigenvalue weighted by molar-refractivity contribution is 0.200. The molecule has 0 radical (unpaired) electrons. The van der Waals surface area contributed by atoms with Gasteiger partial charge in [0.2, 0.25) is 0 Å². The van der Waals surface area contributed by atoms with Crippen molar-refractivity contribution in [2.45, 2.75) is 26.4 Å². The highest BCUT2D eigenvalue weighted by atomic mass is 19.1. The third-order valence-electron chi connectivity index (χ3n) is 3.17. The molecule has 0 aliphatic rings. The van der Waals surface area contributed by atoms with Crippen LogP contribution in [0.2, 0.25) is 0 Å². The minimum Gasteiger partial charge on any atom is -0.494 e. The monoisotopic (exact) mass is 284 g/mol. The Hall–Kier alpha value is -1.82. The lowest BCUT2D eigenvalue weighted by Crippen LogP contribution is -2.43. The van der Waals surface area contributed by atoms with E-state index in [0.29, 0.717) is 5.56 Å². The Morgan fingerprint density at radius 3 is 2.70 bits per heavy atom. The predicted molar refractivity (Wildman–Crippen MR) is 74.0 cm³/mol. The Morgan fingerprint density at radius 2 is 2.15 bits per heavy atom. The molecule has 0 spiro atoms. The van der Waals surface area contributed by atoms with E-state index < -0.39 is 5.82 Å². The maximum atomic E-state index is 13.5. The first-order valence-electron chi connectivity index (χ1n) is 6.45. The number of carbonyl (C=O) groups excluding carboxylic acids is 1. The summed E-state index contributed by atoms with van der Waals surface area (Å²) < 4.78 is 18.3. The summed E-state index contributed by atoms with van der Waals surface area (Å²) >= 11 is 0. The molecule has 0 saturated carbocycles. The second-order valence-corrected chi connectivity index (χ2v) is 4.74. The molecule has 5 nitrogen and oxygen atoms in total. The zero-order chi connectivity index (χ0) is 15.1. The predicted octanol–water partition coefficient (Wildman–Crippen LogP) is 1.65. The summed E-state index contributed by atoms with van der Waals surface area (Å²) in [5, 5.41) is 14.3. The summed E-state index contributed by atoms with van der Waals surface area (Å²) in [7, 11) is 1.40. The molecular formula is C14H21FN2O3. The number of aliphatic hydroxyl groups excluding tert-OH is 1. The lowest BCUT2D eigenvalue weighted by atomic mass is 10.1. The number of ether oxygens (including phenoxy) is 1. The number of benzene rings is 1. The fourth-order valence-electron chi connectivity index (χ4n) is 1.56. The van der Waals surface area contributed by atoms with Gasteiger partial charge < -0.3 is 20.5 Å². The maximum Gasteiger partial charge on any atom is 0.315 e. The number of hydrogen-bond donors (Lipinski definition) is 3. The highest BCUT2D eigenvalue weighted by Gasteiger charge is 2.13. The molecule has 6 heteroatoms. The Kier molecular flexibility index (Phi) is 6.24. The highest BCUT2D eigenvalue weighted by molar-refractivity contribution is 5.74. The van der Waals surface area contributed by atoms with Crippen LogP contribution in [0.1, 0.15) is 19.4 Å². The fourth-order valence-corrected chi connectivity index (χ4v) is 1.56. The maximum absolute atomic E-state index is 13.5. The molecule has 0 aliphatic carbocycles. The number of methoxy groups -OCH3 is 1. The minimum atomic E-state index is -0.463. The molecule has 20 heavy (non-hydrogen) atoms. The Labute approximate surface area is 118 Å². The van der Waals surface area contributed by atoms with Gasteiger partial charge >= 0.3 is 6.03 Å². The van der Waals surface area contributed by atoms with Gasteiger partial charge in [-0.05, 0) is 30.5 Å². The molecule has 0 aromatic heterocycles. The number of halogens is 1. The van der Waals surface area contributed by atoms with Gasteiger partial charge in [-0.3, -0.25) is 0 Å². The minimum absolute atomic E-state index is 0.00510. The van der Waals surface area contributed by atoms with E-state index in [9.17, 15) is 9.18 Å². The van der Waals surface area contributed by atoms with E-state index in [-0.39, 0.29) is 36.9 Å². The van der Waals surface area contributed by atoms with Crippen molar-refractivity contribution < 1.29 is 19.0 Å². The van der Waals surface area contributed by atoms with E-state index in [4.69, 9.17) is 9.84 Å². The fraction of sp³-hybridized carbons (Fsp3) is 0.500. The number of hydrogen-bond acceptors (Lipinski definition) is 3. The van der Waals surface area contributed by atoms with E-state index in [1.165, 1.54) is 19.2 Å². The number of carbonyl (C=O) groups is 1. The SMILES string of the molecule is COc1ccc(CNC(=O)NC(C)C(C)CO)cc1F. The summed E-state index contributed by atoms with van der Waals surface area (Å²) in [5.41, 5.74) is 0.640. The van der Waals surface area contributed by atoms with Crippen molar-refractivity contribution in [3.63, 3.8) is 0 Å². The first-order chi connectivity index (χ1) is 9.47. The highest BCUT2D eigenvalue weighted by Crippen LogP contribution is 2.17. The van der Waals surface area contributed by atoms with Gasteiger partial charge in [0.05, 0.1) is 7.11 Å². The Morgan fingerprint density at radius 1 is 1.45 bits per heavy atom. The average molecular weight is 284 g/mol. The molecule has 2 atom stereocenters. The molecule has 1 rings (SSSR count). The molecule has 0 fully saturated rings. The van der Waals surface area contributed by atoms with Crippen LogP contribution in [0.4, 0.5) is 9.18 Å². The van der Waals surface area contributed by atoms with Crippen LogP contribution in [0, 0.1) is 11.7 Å². The molecule has 112 valence electrons. The van der Waals surface area contributed by atoms with E-state index >= 15 is 0 Å². The van der Waals surface area contributed by atoms with Crippen molar-refractivity contribution in [1.82, 2.24) is 10.6 Å². The summed E-state index contributed by atoms with van der Waals surface area (Å²) in [5.74, 6) is -0.322. The van der Waals surface area contributed by atoms with Gasteiger partial charge in [0.25, 0.3) is 0 Å². The van der Waals surface area contributed by atoms with Crippen LogP contribution in [-0.4, -0.2) is 30.9 Å². The third kappa shape index (κ3) is 4.70. The van der Waals surface area contributed by atoms with Gasteiger partial charge in [-0.25, -0.2) is 9.18 Å². The smallest absolute Gasteiger partial charge is 0.315 e. The number of urea groups is 1. The molecule has 2 amide bonds. The molecular weight excluding hydrogens is 263 g/mol. The van der Waals surface area contributed by atoms with Crippen molar-refractivity contribution in [3.8, 4) is 5.75 Å². The van der Waals surface area contributed by atoms with Gasteiger partial charge in [-0.2, -0.15) is 0 Å². The normalized spacial score (nSPS) is 13.4. The van der Waals surface area contributed by atoms with Crippen LogP contribution in [0.15, 0.2) is 18.2 Å². The van der Waals surface area contributed by atoms with Crippen LogP contribution in [0.5, 0.6) is 5.75 Å². The van der Waals surface area contributed by atoms with Crippen LogP contribution in [0.3, 0.4) is 0 Å². The zero-order valence-corrected chi connectivity index (χ0v) is 11.9. The quantitative estimate of drug-likeness (QED) is 0.744. The van der Waals surface area contributed by atoms with Gasteiger partial charge in [0.1, 0.15) is 0 Å². The van der Waals surface area contributed by atoms with Gasteiger partial charge in [0, 0.05) is 19.2 Å². The summed E-state index contributed by atoms with van der Waals surface area (Å²) in [6.07, 6.45) is 0. The molecule has 1 aromatic rings. The zero-order valence-electron chi connectivity index (χ0n) is 11.9. The topological polar surface area (TPSA) is 70.6 Å². The number of nitrogens with one attached hydrogen (secondary N) is 2. The molecule has 3 N–H and O–H groups in total. The molecule has 0 heterocycles. The number of rotatable bonds is 6. The largest absolute Gasteiger partial charge is 0.494 e. The summed E-state index contributed by atoms with van der Waals surface area (Å²) in [6.45, 7) is 3.87. The van der Waals surface area contributed by atoms with Crippen molar-refractivity contribution in [2.75, 3.05) is 13.7 Å². The van der Waals surface area contributed by atoms with Crippen molar-refractivity contribution >= 4 is 6.03 Å². The summed E-state index contributed by atoms with van der Waals surface area (Å²) in [6, 6.07) is 4.02. The van der Waals surface area contributed by atoms with Crippen LogP contribution < -0.4 is 15.4 Å². The van der Waals surface area contributed by atoms with Crippen molar-refractivity contribution in [2.24, 2.45) is 5.92 Å². The van der Waals surface area contributed by atoms with Gasteiger partial charge in [-0.15, -0.1) is 0 Å². The number of amides is 2. The van der Waals surface area contributed by atoms with Crippen LogP contribution in [0.25, 0.3) is 0 Å². The second kappa shape index (κ2) is 7.69. The number of aliphatic hydroxyl groups is 1. The third-order valence-corrected chi connectivity index (χ3v) is 3.17. The summed E-state index contributed by atoms with van der Waals surface area (Å²) in [4.78, 5) is 11.6. The van der Waals surface area contributed by atoms with Crippen LogP contribution >= 0.6 is 0 Å².